The third-order valence-corrected chi connectivity index (χ3v) is 1.46. The summed E-state index contributed by atoms with van der Waals surface area (Å²) in [5.74, 6) is 0. The van der Waals surface area contributed by atoms with Crippen LogP contribution in [0.2, 0.25) is 0 Å². The molecule has 0 aliphatic carbocycles. The number of aliphatic imine (C=N–C) groups is 1. The maximum Gasteiger partial charge on any atom is 0.170 e. The predicted octanol–water partition coefficient (Wildman–Crippen LogP) is 9.44. The standard InChI is InChI=1S/C4H8.C3H8N4.C3H8N2.C3H7N.C2H6N2.5C2H6/c1-3-4-2;1-4-6-3-7-5-2;1-3-5-4-2;2*1-3-4-2;5*1-2/h3-4H,1-2H3;3H2,1-2H3;3-4H,1-2H3;3H,1-2H3;1-2H3;5*1-2H3. The number of nitrogens with one attached hydrogen (secondary N) is 1. The van der Waals surface area contributed by atoms with Crippen LogP contribution in [0.25, 0.3) is 0 Å². The Hall–Kier alpha value is -2.32. The van der Waals surface area contributed by atoms with E-state index in [-0.39, 0.29) is 0 Å². The Balaban J connectivity index is -0.0000000245. The molecule has 0 bridgehead atoms. The molecular weight excluding hydrogens is 426 g/mol. The van der Waals surface area contributed by atoms with Crippen molar-refractivity contribution in [3.63, 3.8) is 0 Å². The molecule has 0 aliphatic heterocycles. The van der Waals surface area contributed by atoms with E-state index < -0.39 is 0 Å². The molecule has 0 aliphatic rings. The summed E-state index contributed by atoms with van der Waals surface area (Å²) < 4.78 is 0. The molecule has 0 saturated heterocycles. The second-order valence-electron chi connectivity index (χ2n) is 3.02. The fourth-order valence-corrected chi connectivity index (χ4v) is 0.284. The van der Waals surface area contributed by atoms with Gasteiger partial charge in [-0.1, -0.05) is 81.4 Å². The third-order valence-electron chi connectivity index (χ3n) is 1.46. The van der Waals surface area contributed by atoms with E-state index in [2.05, 4.69) is 46.2 Å². The van der Waals surface area contributed by atoms with E-state index in [1.165, 1.54) is 0 Å². The molecule has 0 atom stereocenters. The summed E-state index contributed by atoms with van der Waals surface area (Å²) in [5.41, 5.74) is 2.59. The third kappa shape index (κ3) is 547. The number of azo groups is 3. The molecule has 0 aromatic rings. The lowest BCUT2D eigenvalue weighted by Crippen LogP contribution is -1.90. The molecule has 0 rings (SSSR count). The number of hydrazone groups is 1. The highest BCUT2D eigenvalue weighted by atomic mass is 15.3. The van der Waals surface area contributed by atoms with Gasteiger partial charge in [0.05, 0.1) is 0 Å². The zero-order valence-electron chi connectivity index (χ0n) is 27.1. The molecule has 9 nitrogen and oxygen atoms in total. The summed E-state index contributed by atoms with van der Waals surface area (Å²) in [6.07, 6.45) is 7.44. The molecule has 0 spiro atoms. The molecule has 0 aromatic heterocycles. The van der Waals surface area contributed by atoms with Crippen molar-refractivity contribution in [3.05, 3.63) is 12.2 Å². The lowest BCUT2D eigenvalue weighted by atomic mass is 10.6. The summed E-state index contributed by atoms with van der Waals surface area (Å²) in [6.45, 7) is 28.1. The molecule has 1 N–H and O–H groups in total. The smallest absolute Gasteiger partial charge is 0.170 e. The predicted molar refractivity (Wildman–Crippen MR) is 164 cm³/mol. The van der Waals surface area contributed by atoms with E-state index in [0.29, 0.717) is 6.67 Å². The van der Waals surface area contributed by atoms with Gasteiger partial charge in [-0.3, -0.25) is 0 Å². The lowest BCUT2D eigenvalue weighted by molar-refractivity contribution is 0.875. The van der Waals surface area contributed by atoms with Crippen LogP contribution >= 0.6 is 0 Å². The van der Waals surface area contributed by atoms with Crippen molar-refractivity contribution in [1.82, 2.24) is 5.43 Å². The van der Waals surface area contributed by atoms with Gasteiger partial charge in [0.1, 0.15) is 0 Å². The Morgan fingerprint density at radius 3 is 0.824 bits per heavy atom. The van der Waals surface area contributed by atoms with Crippen molar-refractivity contribution < 1.29 is 0 Å². The van der Waals surface area contributed by atoms with Gasteiger partial charge in [0, 0.05) is 48.5 Å². The summed E-state index contributed by atoms with van der Waals surface area (Å²) in [4.78, 5) is 3.61. The quantitative estimate of drug-likeness (QED) is 0.179. The first-order chi connectivity index (χ1) is 16.6. The van der Waals surface area contributed by atoms with Crippen LogP contribution in [0.4, 0.5) is 0 Å². The highest BCUT2D eigenvalue weighted by Crippen LogP contribution is 1.72. The zero-order valence-corrected chi connectivity index (χ0v) is 27.1. The van der Waals surface area contributed by atoms with Crippen LogP contribution in [0.15, 0.2) is 52.9 Å². The van der Waals surface area contributed by atoms with Crippen molar-refractivity contribution in [3.8, 4) is 0 Å². The Bertz CT molecular complexity index is 279. The summed E-state index contributed by atoms with van der Waals surface area (Å²) in [6, 6.07) is 0. The van der Waals surface area contributed by atoms with Gasteiger partial charge in [0.2, 0.25) is 0 Å². The van der Waals surface area contributed by atoms with Crippen molar-refractivity contribution in [2.45, 2.75) is 96.9 Å². The van der Waals surface area contributed by atoms with Gasteiger partial charge in [0.25, 0.3) is 0 Å². The fraction of sp³-hybridized carbons (Fsp3) is 0.840. The molecule has 9 heteroatoms. The van der Waals surface area contributed by atoms with E-state index in [1.807, 2.05) is 109 Å². The number of rotatable bonds is 3. The molecule has 0 amide bonds. The summed E-state index contributed by atoms with van der Waals surface area (Å²) in [5, 5.41) is 24.3. The van der Waals surface area contributed by atoms with Crippen molar-refractivity contribution in [2.75, 3.05) is 49.0 Å². The van der Waals surface area contributed by atoms with E-state index in [0.717, 1.165) is 0 Å². The average molecular weight is 494 g/mol. The molecular formula is C25H67N9. The van der Waals surface area contributed by atoms with Crippen LogP contribution in [-0.4, -0.2) is 61.4 Å². The molecule has 212 valence electrons. The van der Waals surface area contributed by atoms with Crippen molar-refractivity contribution in [1.29, 1.82) is 0 Å². The van der Waals surface area contributed by atoms with Crippen LogP contribution in [-0.2, 0) is 0 Å². The Morgan fingerprint density at radius 2 is 0.765 bits per heavy atom. The zero-order chi connectivity index (χ0) is 29.9. The number of hydrogen-bond donors (Lipinski definition) is 1. The van der Waals surface area contributed by atoms with Gasteiger partial charge in [-0.25, -0.2) is 0 Å². The van der Waals surface area contributed by atoms with Crippen LogP contribution in [0.1, 0.15) is 96.9 Å². The molecule has 0 radical (unpaired) electrons. The first kappa shape index (κ1) is 63.4. The summed E-state index contributed by atoms with van der Waals surface area (Å²) in [7, 11) is 10.00. The maximum atomic E-state index is 3.61. The Morgan fingerprint density at radius 1 is 0.500 bits per heavy atom. The van der Waals surface area contributed by atoms with E-state index >= 15 is 0 Å². The average Bonchev–Trinajstić information content (AvgIpc) is 2.95. The van der Waals surface area contributed by atoms with Gasteiger partial charge in [-0.2, -0.15) is 35.8 Å². The van der Waals surface area contributed by atoms with Gasteiger partial charge < -0.3 is 10.4 Å². The number of nitrogens with zero attached hydrogens (tertiary/aromatic N) is 8. The number of allylic oxidation sites excluding steroid dienone is 2. The SMILES string of the molecule is CC.CC.CC.CC.CC.CC=CC.CC=NC.CC=NNC.CN=NC.CN=NCN=NC. The second-order valence-corrected chi connectivity index (χ2v) is 3.02. The van der Waals surface area contributed by atoms with E-state index in [9.17, 15) is 0 Å². The fourth-order valence-electron chi connectivity index (χ4n) is 0.284. The first-order valence-corrected chi connectivity index (χ1v) is 12.4. The van der Waals surface area contributed by atoms with E-state index in [1.54, 1.807) is 54.7 Å². The van der Waals surface area contributed by atoms with E-state index in [4.69, 9.17) is 0 Å². The lowest BCUT2D eigenvalue weighted by Gasteiger charge is -1.75. The van der Waals surface area contributed by atoms with Crippen LogP contribution < -0.4 is 5.43 Å². The minimum absolute atomic E-state index is 0.354. The second kappa shape index (κ2) is 198. The minimum atomic E-state index is 0.354. The molecule has 0 unspecified atom stereocenters. The van der Waals surface area contributed by atoms with Gasteiger partial charge >= 0.3 is 0 Å². The van der Waals surface area contributed by atoms with Gasteiger partial charge in [0.15, 0.2) is 6.67 Å². The maximum absolute atomic E-state index is 3.61. The van der Waals surface area contributed by atoms with Crippen molar-refractivity contribution in [2.24, 2.45) is 40.8 Å². The largest absolute Gasteiger partial charge is 0.313 e. The van der Waals surface area contributed by atoms with Crippen LogP contribution in [0, 0.1) is 0 Å². The Kier molecular flexibility index (Phi) is 370. The summed E-state index contributed by atoms with van der Waals surface area (Å²) >= 11 is 0. The number of hydrogen-bond acceptors (Lipinski definition) is 9. The Labute approximate surface area is 217 Å². The van der Waals surface area contributed by atoms with Crippen LogP contribution in [0.5, 0.6) is 0 Å². The molecule has 0 fully saturated rings. The molecule has 34 heavy (non-hydrogen) atoms. The van der Waals surface area contributed by atoms with Gasteiger partial charge in [-0.05, 0) is 33.9 Å². The topological polar surface area (TPSA) is 111 Å². The highest BCUT2D eigenvalue weighted by molar-refractivity contribution is 5.52. The molecule has 0 aromatic carbocycles. The molecule has 0 saturated carbocycles. The van der Waals surface area contributed by atoms with Crippen LogP contribution in [0.3, 0.4) is 0 Å². The minimum Gasteiger partial charge on any atom is -0.313 e. The molecule has 0 heterocycles. The first-order valence-electron chi connectivity index (χ1n) is 12.4. The monoisotopic (exact) mass is 494 g/mol. The van der Waals surface area contributed by atoms with Crippen molar-refractivity contribution >= 4 is 12.4 Å². The van der Waals surface area contributed by atoms with Gasteiger partial charge in [-0.15, -0.1) is 0 Å². The highest BCUT2D eigenvalue weighted by Gasteiger charge is 1.63. The normalized spacial score (nSPS) is 8.00.